The van der Waals surface area contributed by atoms with Gasteiger partial charge in [-0.15, -0.1) is 35.9 Å². The predicted octanol–water partition coefficient (Wildman–Crippen LogP) is 5.63. The van der Waals surface area contributed by atoms with E-state index in [0.717, 1.165) is 28.0 Å². The smallest absolute Gasteiger partial charge is 0.521 e. The second-order valence-corrected chi connectivity index (χ2v) is 9.20. The van der Waals surface area contributed by atoms with Crippen LogP contribution in [-0.4, -0.2) is 22.1 Å². The van der Waals surface area contributed by atoms with Crippen molar-refractivity contribution in [2.24, 2.45) is 7.05 Å². The standard InChI is InChI=1S/C30H24BN3O3.Pt/c1-19-15-20(2)28(21(3)16-19)30-29(32-33-34(30)4)22-9-7-11-24(17-22)35-25-12-8-10-23(18-25)31-36-26-13-5-6-14-27(26)37-31;/h5-16H,1-4H3;/q-2;+2. The van der Waals surface area contributed by atoms with Gasteiger partial charge in [0.25, 0.3) is 0 Å². The minimum Gasteiger partial charge on any atom is -0.521 e. The quantitative estimate of drug-likeness (QED) is 0.178. The molecule has 1 aliphatic rings. The molecular weight excluding hydrogens is 656 g/mol. The molecule has 38 heavy (non-hydrogen) atoms. The van der Waals surface area contributed by atoms with Crippen LogP contribution >= 0.6 is 0 Å². The van der Waals surface area contributed by atoms with Gasteiger partial charge in [0.2, 0.25) is 0 Å². The van der Waals surface area contributed by atoms with Crippen LogP contribution < -0.4 is 19.5 Å². The van der Waals surface area contributed by atoms with Crippen molar-refractivity contribution in [2.75, 3.05) is 0 Å². The Morgan fingerprint density at radius 2 is 1.45 bits per heavy atom. The van der Waals surface area contributed by atoms with E-state index in [-0.39, 0.29) is 21.1 Å². The normalized spacial score (nSPS) is 11.8. The number of hydrogen-bond donors (Lipinski definition) is 0. The molecule has 0 amide bonds. The van der Waals surface area contributed by atoms with E-state index >= 15 is 0 Å². The number of rotatable bonds is 5. The van der Waals surface area contributed by atoms with Gasteiger partial charge >= 0.3 is 28.2 Å². The van der Waals surface area contributed by atoms with Gasteiger partial charge in [-0.05, 0) is 49.6 Å². The first kappa shape index (κ1) is 25.8. The summed E-state index contributed by atoms with van der Waals surface area (Å²) >= 11 is 0. The molecule has 190 valence electrons. The fraction of sp³-hybridized carbons (Fsp3) is 0.133. The van der Waals surface area contributed by atoms with Gasteiger partial charge in [-0.2, -0.15) is 17.2 Å². The van der Waals surface area contributed by atoms with Gasteiger partial charge in [-0.1, -0.05) is 46.6 Å². The molecule has 0 saturated carbocycles. The largest absolute Gasteiger partial charge is 2.00 e. The van der Waals surface area contributed by atoms with E-state index in [9.17, 15) is 0 Å². The molecule has 4 aromatic carbocycles. The number of benzene rings is 4. The predicted molar refractivity (Wildman–Crippen MR) is 143 cm³/mol. The van der Waals surface area contributed by atoms with E-state index in [1.165, 1.54) is 16.7 Å². The zero-order valence-electron chi connectivity index (χ0n) is 21.4. The van der Waals surface area contributed by atoms with Gasteiger partial charge in [0.05, 0.1) is 5.69 Å². The first-order valence-electron chi connectivity index (χ1n) is 12.1. The zero-order chi connectivity index (χ0) is 25.5. The van der Waals surface area contributed by atoms with E-state index in [4.69, 9.17) is 14.0 Å². The van der Waals surface area contributed by atoms with Crippen LogP contribution in [0.3, 0.4) is 0 Å². The van der Waals surface area contributed by atoms with E-state index in [1.54, 1.807) is 0 Å². The van der Waals surface area contributed by atoms with Crippen molar-refractivity contribution >= 4 is 12.6 Å². The third kappa shape index (κ3) is 4.86. The Kier molecular flexibility index (Phi) is 7.13. The summed E-state index contributed by atoms with van der Waals surface area (Å²) in [6, 6.07) is 30.0. The van der Waals surface area contributed by atoms with Crippen LogP contribution in [0.15, 0.2) is 72.8 Å². The van der Waals surface area contributed by atoms with Gasteiger partial charge in [-0.25, -0.2) is 0 Å². The molecule has 0 fully saturated rings. The molecular formula is C30H24BN3O3Pt. The maximum Gasteiger partial charge on any atom is 2.00 e. The number of fused-ring (bicyclic) bond motifs is 1. The number of hydrogen-bond acceptors (Lipinski definition) is 5. The first-order chi connectivity index (χ1) is 18.0. The fourth-order valence-electron chi connectivity index (χ4n) is 4.82. The zero-order valence-corrected chi connectivity index (χ0v) is 23.7. The van der Waals surface area contributed by atoms with Crippen molar-refractivity contribution < 1.29 is 35.1 Å². The molecule has 1 aromatic heterocycles. The van der Waals surface area contributed by atoms with Crippen molar-refractivity contribution in [1.29, 1.82) is 0 Å². The molecule has 6 nitrogen and oxygen atoms in total. The van der Waals surface area contributed by atoms with E-state index in [1.807, 2.05) is 72.4 Å². The van der Waals surface area contributed by atoms with Gasteiger partial charge in [0, 0.05) is 24.2 Å². The Morgan fingerprint density at radius 3 is 2.13 bits per heavy atom. The Labute approximate surface area is 237 Å². The number of nitrogens with zero attached hydrogens (tertiary/aromatic N) is 3. The summed E-state index contributed by atoms with van der Waals surface area (Å²) in [4.78, 5) is 0. The van der Waals surface area contributed by atoms with Crippen molar-refractivity contribution in [3.05, 3.63) is 102 Å². The van der Waals surface area contributed by atoms with Crippen molar-refractivity contribution in [3.63, 3.8) is 0 Å². The summed E-state index contributed by atoms with van der Waals surface area (Å²) in [5.74, 6) is 2.52. The topological polar surface area (TPSA) is 58.4 Å². The molecule has 2 heterocycles. The van der Waals surface area contributed by atoms with E-state index in [2.05, 4.69) is 55.3 Å². The molecule has 0 saturated heterocycles. The van der Waals surface area contributed by atoms with Gasteiger partial charge in [0.15, 0.2) is 0 Å². The third-order valence-corrected chi connectivity index (χ3v) is 6.35. The summed E-state index contributed by atoms with van der Waals surface area (Å²) in [5.41, 5.74) is 7.97. The second kappa shape index (κ2) is 10.5. The van der Waals surface area contributed by atoms with Crippen LogP contribution in [0.5, 0.6) is 23.0 Å². The number of aromatic nitrogens is 3. The molecule has 0 atom stereocenters. The molecule has 0 radical (unpaired) electrons. The molecule has 0 bridgehead atoms. The van der Waals surface area contributed by atoms with Crippen molar-refractivity contribution in [3.8, 4) is 45.5 Å². The third-order valence-electron chi connectivity index (χ3n) is 6.35. The number of para-hydroxylation sites is 2. The molecule has 0 aliphatic carbocycles. The molecule has 5 aromatic rings. The summed E-state index contributed by atoms with van der Waals surface area (Å²) in [5, 5.41) is 8.82. The van der Waals surface area contributed by atoms with Crippen LogP contribution in [0, 0.1) is 32.9 Å². The first-order valence-corrected chi connectivity index (χ1v) is 12.1. The maximum absolute atomic E-state index is 6.16. The molecule has 0 unspecified atom stereocenters. The van der Waals surface area contributed by atoms with E-state index < -0.39 is 7.12 Å². The molecule has 0 N–H and O–H groups in total. The van der Waals surface area contributed by atoms with Crippen LogP contribution in [0.25, 0.3) is 22.5 Å². The van der Waals surface area contributed by atoms with Crippen LogP contribution in [0.4, 0.5) is 0 Å². The Bertz CT molecular complexity index is 1590. The second-order valence-electron chi connectivity index (χ2n) is 9.20. The maximum atomic E-state index is 6.16. The molecule has 1 aliphatic heterocycles. The van der Waals surface area contributed by atoms with Crippen molar-refractivity contribution in [1.82, 2.24) is 15.0 Å². The summed E-state index contributed by atoms with van der Waals surface area (Å²) < 4.78 is 19.8. The van der Waals surface area contributed by atoms with Crippen molar-refractivity contribution in [2.45, 2.75) is 20.8 Å². The summed E-state index contributed by atoms with van der Waals surface area (Å²) in [6.07, 6.45) is 0. The minimum absolute atomic E-state index is 0. The van der Waals surface area contributed by atoms with Crippen LogP contribution in [0.2, 0.25) is 0 Å². The Morgan fingerprint density at radius 1 is 0.816 bits per heavy atom. The van der Waals surface area contributed by atoms with Crippen LogP contribution in [-0.2, 0) is 28.1 Å². The average molecular weight is 680 g/mol. The monoisotopic (exact) mass is 680 g/mol. The molecule has 6 rings (SSSR count). The van der Waals surface area contributed by atoms with E-state index in [0.29, 0.717) is 23.0 Å². The van der Waals surface area contributed by atoms with Crippen LogP contribution in [0.1, 0.15) is 16.7 Å². The average Bonchev–Trinajstić information content (AvgIpc) is 3.48. The van der Waals surface area contributed by atoms with Gasteiger partial charge in [0.1, 0.15) is 11.5 Å². The number of aryl methyl sites for hydroxylation is 4. The number of ether oxygens (including phenoxy) is 1. The Hall–Kier alpha value is -3.83. The Balaban J connectivity index is 0.00000294. The van der Waals surface area contributed by atoms with Gasteiger partial charge in [-0.3, -0.25) is 4.68 Å². The molecule has 8 heteroatoms. The fourth-order valence-corrected chi connectivity index (χ4v) is 4.82. The molecule has 0 spiro atoms. The SMILES string of the molecule is Cc1cc(C)c(-c2c(-c3[c-]c(Oc4[c-]c(B5Oc6ccccc6O5)ccc4)ccc3)nnn2C)c(C)c1.[Pt+2]. The summed E-state index contributed by atoms with van der Waals surface area (Å²) in [7, 11) is 1.34. The van der Waals surface area contributed by atoms with Gasteiger partial charge < -0.3 is 14.0 Å². The minimum atomic E-state index is -0.570. The summed E-state index contributed by atoms with van der Waals surface area (Å²) in [6.45, 7) is 6.35.